The average Bonchev–Trinajstić information content (AvgIpc) is 2.63. The summed E-state index contributed by atoms with van der Waals surface area (Å²) in [4.78, 5) is 21.1. The molecule has 0 saturated heterocycles. The highest BCUT2D eigenvalue weighted by Gasteiger charge is 2.23. The smallest absolute Gasteiger partial charge is 0.242 e. The molecule has 0 aliphatic rings. The standard InChI is InChI=1S/C18H14FN3OS/c19-14-7-9-15(10-8-14)22-17(23)16(13-5-2-1-3-6-13)24-18-20-11-4-12-21-18/h1-12,16H,(H,22,23). The molecule has 1 heterocycles. The van der Waals surface area contributed by atoms with Crippen LogP contribution in [-0.4, -0.2) is 15.9 Å². The molecule has 0 aliphatic heterocycles. The maximum absolute atomic E-state index is 13.0. The molecule has 0 radical (unpaired) electrons. The average molecular weight is 339 g/mol. The number of anilines is 1. The number of hydrogen-bond acceptors (Lipinski definition) is 4. The molecule has 3 rings (SSSR count). The van der Waals surface area contributed by atoms with Crippen molar-refractivity contribution in [2.75, 3.05) is 5.32 Å². The molecule has 1 aromatic heterocycles. The second-order valence-electron chi connectivity index (χ2n) is 4.94. The minimum absolute atomic E-state index is 0.217. The lowest BCUT2D eigenvalue weighted by Crippen LogP contribution is -2.19. The van der Waals surface area contributed by atoms with Crippen LogP contribution in [-0.2, 0) is 4.79 Å². The Morgan fingerprint density at radius 2 is 1.62 bits per heavy atom. The van der Waals surface area contributed by atoms with Crippen molar-refractivity contribution in [3.05, 3.63) is 84.4 Å². The maximum atomic E-state index is 13.0. The monoisotopic (exact) mass is 339 g/mol. The van der Waals surface area contributed by atoms with Gasteiger partial charge < -0.3 is 5.32 Å². The van der Waals surface area contributed by atoms with Gasteiger partial charge in [0, 0.05) is 18.1 Å². The second kappa shape index (κ2) is 7.70. The zero-order valence-electron chi connectivity index (χ0n) is 12.6. The summed E-state index contributed by atoms with van der Waals surface area (Å²) >= 11 is 1.26. The van der Waals surface area contributed by atoms with E-state index in [1.54, 1.807) is 18.5 Å². The van der Waals surface area contributed by atoms with E-state index in [-0.39, 0.29) is 11.7 Å². The lowest BCUT2D eigenvalue weighted by molar-refractivity contribution is -0.115. The Labute approximate surface area is 143 Å². The molecular weight excluding hydrogens is 325 g/mol. The van der Waals surface area contributed by atoms with E-state index >= 15 is 0 Å². The van der Waals surface area contributed by atoms with E-state index < -0.39 is 5.25 Å². The first-order valence-electron chi connectivity index (χ1n) is 7.27. The molecule has 3 aromatic rings. The maximum Gasteiger partial charge on any atom is 0.242 e. The molecule has 0 saturated carbocycles. The fourth-order valence-electron chi connectivity index (χ4n) is 2.09. The van der Waals surface area contributed by atoms with Gasteiger partial charge in [0.15, 0.2) is 5.16 Å². The molecule has 24 heavy (non-hydrogen) atoms. The number of nitrogens with one attached hydrogen (secondary N) is 1. The van der Waals surface area contributed by atoms with Crippen LogP contribution in [0.4, 0.5) is 10.1 Å². The number of aromatic nitrogens is 2. The van der Waals surface area contributed by atoms with Crippen LogP contribution in [0.2, 0.25) is 0 Å². The fraction of sp³-hybridized carbons (Fsp3) is 0.0556. The predicted octanol–water partition coefficient (Wildman–Crippen LogP) is 4.09. The second-order valence-corrected chi connectivity index (χ2v) is 6.01. The largest absolute Gasteiger partial charge is 0.325 e. The summed E-state index contributed by atoms with van der Waals surface area (Å²) < 4.78 is 13.0. The van der Waals surface area contributed by atoms with Gasteiger partial charge in [-0.15, -0.1) is 0 Å². The molecule has 120 valence electrons. The van der Waals surface area contributed by atoms with Crippen molar-refractivity contribution >= 4 is 23.4 Å². The van der Waals surface area contributed by atoms with E-state index in [2.05, 4.69) is 15.3 Å². The Morgan fingerprint density at radius 3 is 2.29 bits per heavy atom. The highest BCUT2D eigenvalue weighted by atomic mass is 32.2. The molecule has 0 spiro atoms. The topological polar surface area (TPSA) is 54.9 Å². The number of carbonyl (C=O) groups excluding carboxylic acids is 1. The van der Waals surface area contributed by atoms with Gasteiger partial charge in [-0.1, -0.05) is 42.1 Å². The Kier molecular flexibility index (Phi) is 5.18. The van der Waals surface area contributed by atoms with Gasteiger partial charge in [-0.2, -0.15) is 0 Å². The van der Waals surface area contributed by atoms with E-state index in [9.17, 15) is 9.18 Å². The molecular formula is C18H14FN3OS. The van der Waals surface area contributed by atoms with Crippen LogP contribution in [0.15, 0.2) is 78.2 Å². The zero-order chi connectivity index (χ0) is 16.8. The molecule has 4 nitrogen and oxygen atoms in total. The Hall–Kier alpha value is -2.73. The molecule has 0 fully saturated rings. The van der Waals surface area contributed by atoms with Crippen LogP contribution in [0.1, 0.15) is 10.8 Å². The summed E-state index contributed by atoms with van der Waals surface area (Å²) in [5.74, 6) is -0.565. The summed E-state index contributed by atoms with van der Waals surface area (Å²) in [6, 6.07) is 16.8. The molecule has 1 N–H and O–H groups in total. The van der Waals surface area contributed by atoms with Crippen LogP contribution < -0.4 is 5.32 Å². The normalized spacial score (nSPS) is 11.7. The molecule has 2 aromatic carbocycles. The molecule has 0 bridgehead atoms. The number of carbonyl (C=O) groups is 1. The Bertz CT molecular complexity index is 798. The number of rotatable bonds is 5. The number of amides is 1. The molecule has 6 heteroatoms. The summed E-state index contributed by atoms with van der Waals surface area (Å²) in [5, 5.41) is 2.81. The van der Waals surface area contributed by atoms with Gasteiger partial charge >= 0.3 is 0 Å². The quantitative estimate of drug-likeness (QED) is 0.562. The van der Waals surface area contributed by atoms with Crippen LogP contribution in [0.25, 0.3) is 0 Å². The van der Waals surface area contributed by atoms with Gasteiger partial charge in [0.2, 0.25) is 5.91 Å². The molecule has 1 atom stereocenters. The third-order valence-corrected chi connectivity index (χ3v) is 4.36. The minimum atomic E-state index is -0.515. The third-order valence-electron chi connectivity index (χ3n) is 3.22. The van der Waals surface area contributed by atoms with Crippen LogP contribution in [0.3, 0.4) is 0 Å². The summed E-state index contributed by atoms with van der Waals surface area (Å²) in [5.41, 5.74) is 1.38. The number of thioether (sulfide) groups is 1. The van der Waals surface area contributed by atoms with Gasteiger partial charge in [0.25, 0.3) is 0 Å². The van der Waals surface area contributed by atoms with Crippen molar-refractivity contribution in [2.45, 2.75) is 10.4 Å². The first-order valence-corrected chi connectivity index (χ1v) is 8.15. The van der Waals surface area contributed by atoms with Crippen molar-refractivity contribution in [1.29, 1.82) is 0 Å². The number of hydrogen-bond donors (Lipinski definition) is 1. The number of benzene rings is 2. The van der Waals surface area contributed by atoms with Crippen LogP contribution in [0.5, 0.6) is 0 Å². The molecule has 1 amide bonds. The highest BCUT2D eigenvalue weighted by molar-refractivity contribution is 8.00. The van der Waals surface area contributed by atoms with Gasteiger partial charge in [-0.05, 0) is 35.9 Å². The summed E-state index contributed by atoms with van der Waals surface area (Å²) in [7, 11) is 0. The lowest BCUT2D eigenvalue weighted by Gasteiger charge is -2.16. The third kappa shape index (κ3) is 4.17. The van der Waals surface area contributed by atoms with E-state index in [4.69, 9.17) is 0 Å². The predicted molar refractivity (Wildman–Crippen MR) is 92.1 cm³/mol. The first-order chi connectivity index (χ1) is 11.7. The number of halogens is 1. The number of nitrogens with zero attached hydrogens (tertiary/aromatic N) is 2. The van der Waals surface area contributed by atoms with Gasteiger partial charge in [-0.3, -0.25) is 4.79 Å². The van der Waals surface area contributed by atoms with Crippen LogP contribution in [0, 0.1) is 5.82 Å². The van der Waals surface area contributed by atoms with Crippen molar-refractivity contribution in [1.82, 2.24) is 9.97 Å². The summed E-state index contributed by atoms with van der Waals surface area (Å²) in [6.07, 6.45) is 3.27. The van der Waals surface area contributed by atoms with Crippen molar-refractivity contribution in [2.24, 2.45) is 0 Å². The first kappa shape index (κ1) is 16.1. The molecule has 1 unspecified atom stereocenters. The Balaban J connectivity index is 1.83. The van der Waals surface area contributed by atoms with Crippen molar-refractivity contribution in [3.63, 3.8) is 0 Å². The van der Waals surface area contributed by atoms with Gasteiger partial charge in [0.05, 0.1) is 0 Å². The minimum Gasteiger partial charge on any atom is -0.325 e. The van der Waals surface area contributed by atoms with E-state index in [0.717, 1.165) is 5.56 Å². The van der Waals surface area contributed by atoms with Crippen LogP contribution >= 0.6 is 11.8 Å². The zero-order valence-corrected chi connectivity index (χ0v) is 13.4. The van der Waals surface area contributed by atoms with E-state index in [1.807, 2.05) is 30.3 Å². The van der Waals surface area contributed by atoms with Gasteiger partial charge in [0.1, 0.15) is 11.1 Å². The Morgan fingerprint density at radius 1 is 0.958 bits per heavy atom. The molecule has 0 aliphatic carbocycles. The SMILES string of the molecule is O=C(Nc1ccc(F)cc1)C(Sc1ncccn1)c1ccccc1. The van der Waals surface area contributed by atoms with Gasteiger partial charge in [-0.25, -0.2) is 14.4 Å². The van der Waals surface area contributed by atoms with E-state index in [0.29, 0.717) is 10.8 Å². The fourth-order valence-corrected chi connectivity index (χ4v) is 3.01. The van der Waals surface area contributed by atoms with E-state index in [1.165, 1.54) is 36.0 Å². The van der Waals surface area contributed by atoms with Crippen molar-refractivity contribution < 1.29 is 9.18 Å². The summed E-state index contributed by atoms with van der Waals surface area (Å²) in [6.45, 7) is 0. The van der Waals surface area contributed by atoms with Crippen molar-refractivity contribution in [3.8, 4) is 0 Å². The lowest BCUT2D eigenvalue weighted by atomic mass is 10.1. The highest BCUT2D eigenvalue weighted by Crippen LogP contribution is 2.34.